The van der Waals surface area contributed by atoms with Gasteiger partial charge in [0, 0.05) is 5.56 Å². The first-order valence-corrected chi connectivity index (χ1v) is 7.73. The molecule has 3 nitrogen and oxygen atoms in total. The zero-order chi connectivity index (χ0) is 16.7. The van der Waals surface area contributed by atoms with Crippen molar-refractivity contribution in [1.82, 2.24) is 5.43 Å². The number of carbonyl (C=O) groups excluding carboxylic acids is 1. The van der Waals surface area contributed by atoms with E-state index < -0.39 is 0 Å². The minimum Gasteiger partial charge on any atom is -0.267 e. The molecule has 0 spiro atoms. The largest absolute Gasteiger partial charge is 0.271 e. The van der Waals surface area contributed by atoms with Crippen molar-refractivity contribution in [2.45, 2.75) is 26.7 Å². The summed E-state index contributed by atoms with van der Waals surface area (Å²) in [5.41, 5.74) is 6.44. The van der Waals surface area contributed by atoms with Gasteiger partial charge in [0.05, 0.1) is 6.21 Å². The average Bonchev–Trinajstić information content (AvgIpc) is 2.55. The molecule has 0 heterocycles. The van der Waals surface area contributed by atoms with Crippen LogP contribution >= 0.6 is 0 Å². The van der Waals surface area contributed by atoms with Crippen LogP contribution in [0.15, 0.2) is 65.3 Å². The Balaban J connectivity index is 1.94. The molecule has 0 aliphatic rings. The van der Waals surface area contributed by atoms with Crippen LogP contribution in [0, 0.1) is 0 Å². The van der Waals surface area contributed by atoms with Gasteiger partial charge in [-0.15, -0.1) is 0 Å². The van der Waals surface area contributed by atoms with Gasteiger partial charge in [-0.1, -0.05) is 62.4 Å². The van der Waals surface area contributed by atoms with Gasteiger partial charge in [0.25, 0.3) is 5.91 Å². The SMILES string of the molecule is CC(/C=N/NC(=O)c1ccc(C(C)C)cc1)=C\c1ccccc1. The summed E-state index contributed by atoms with van der Waals surface area (Å²) in [5, 5.41) is 4.01. The van der Waals surface area contributed by atoms with Crippen LogP contribution in [0.4, 0.5) is 0 Å². The Kier molecular flexibility index (Phi) is 5.87. The number of rotatable bonds is 5. The summed E-state index contributed by atoms with van der Waals surface area (Å²) in [5.74, 6) is 0.250. The van der Waals surface area contributed by atoms with Crippen LogP contribution < -0.4 is 5.43 Å². The van der Waals surface area contributed by atoms with E-state index in [0.29, 0.717) is 11.5 Å². The van der Waals surface area contributed by atoms with E-state index in [9.17, 15) is 4.79 Å². The van der Waals surface area contributed by atoms with Crippen molar-refractivity contribution in [2.75, 3.05) is 0 Å². The van der Waals surface area contributed by atoms with E-state index in [1.54, 1.807) is 6.21 Å². The van der Waals surface area contributed by atoms with Gasteiger partial charge in [-0.3, -0.25) is 4.79 Å². The highest BCUT2D eigenvalue weighted by atomic mass is 16.2. The third kappa shape index (κ3) is 5.22. The molecule has 0 saturated carbocycles. The number of hydrogen-bond acceptors (Lipinski definition) is 2. The number of nitrogens with one attached hydrogen (secondary N) is 1. The number of allylic oxidation sites excluding steroid dienone is 1. The first kappa shape index (κ1) is 16.7. The minimum atomic E-state index is -0.205. The zero-order valence-corrected chi connectivity index (χ0v) is 13.8. The minimum absolute atomic E-state index is 0.205. The highest BCUT2D eigenvalue weighted by Gasteiger charge is 2.05. The van der Waals surface area contributed by atoms with Crippen LogP contribution in [-0.2, 0) is 0 Å². The van der Waals surface area contributed by atoms with Gasteiger partial charge in [-0.25, -0.2) is 5.43 Å². The van der Waals surface area contributed by atoms with Gasteiger partial charge in [-0.05, 0) is 41.7 Å². The summed E-state index contributed by atoms with van der Waals surface area (Å²) in [6, 6.07) is 17.6. The monoisotopic (exact) mass is 306 g/mol. The Morgan fingerprint density at radius 3 is 2.30 bits per heavy atom. The molecule has 0 aliphatic carbocycles. The molecule has 0 bridgehead atoms. The van der Waals surface area contributed by atoms with Gasteiger partial charge < -0.3 is 0 Å². The van der Waals surface area contributed by atoms with E-state index >= 15 is 0 Å². The molecule has 23 heavy (non-hydrogen) atoms. The Morgan fingerprint density at radius 1 is 1.04 bits per heavy atom. The summed E-state index contributed by atoms with van der Waals surface area (Å²) < 4.78 is 0. The summed E-state index contributed by atoms with van der Waals surface area (Å²) in [4.78, 5) is 12.0. The van der Waals surface area contributed by atoms with Crippen molar-refractivity contribution in [3.8, 4) is 0 Å². The highest BCUT2D eigenvalue weighted by Crippen LogP contribution is 2.14. The van der Waals surface area contributed by atoms with E-state index in [-0.39, 0.29) is 5.91 Å². The van der Waals surface area contributed by atoms with Crippen molar-refractivity contribution in [2.24, 2.45) is 5.10 Å². The molecule has 0 unspecified atom stereocenters. The molecular weight excluding hydrogens is 284 g/mol. The molecule has 1 amide bonds. The van der Waals surface area contributed by atoms with Crippen LogP contribution in [0.1, 0.15) is 48.2 Å². The molecule has 2 rings (SSSR count). The quantitative estimate of drug-likeness (QED) is 0.635. The predicted octanol–water partition coefficient (Wildman–Crippen LogP) is 4.63. The second-order valence-corrected chi connectivity index (χ2v) is 5.77. The number of hydrazone groups is 1. The number of benzene rings is 2. The lowest BCUT2D eigenvalue weighted by atomic mass is 10.0. The maximum atomic E-state index is 12.0. The Hall–Kier alpha value is -2.68. The van der Waals surface area contributed by atoms with E-state index in [1.165, 1.54) is 5.56 Å². The van der Waals surface area contributed by atoms with Crippen molar-refractivity contribution >= 4 is 18.2 Å². The van der Waals surface area contributed by atoms with Gasteiger partial charge in [0.1, 0.15) is 0 Å². The van der Waals surface area contributed by atoms with Crippen LogP contribution in [0.3, 0.4) is 0 Å². The molecule has 118 valence electrons. The standard InChI is InChI=1S/C20H22N2O/c1-15(2)18-9-11-19(12-10-18)20(23)22-21-14-16(3)13-17-7-5-4-6-8-17/h4-15H,1-3H3,(H,22,23)/b16-13+,21-14+. The number of nitrogens with zero attached hydrogens (tertiary/aromatic N) is 1. The van der Waals surface area contributed by atoms with E-state index in [1.807, 2.05) is 67.6 Å². The Labute approximate surface area is 137 Å². The van der Waals surface area contributed by atoms with E-state index in [0.717, 1.165) is 11.1 Å². The molecule has 0 aliphatic heterocycles. The second-order valence-electron chi connectivity index (χ2n) is 5.77. The summed E-state index contributed by atoms with van der Waals surface area (Å²) in [6.45, 7) is 6.20. The van der Waals surface area contributed by atoms with Gasteiger partial charge in [-0.2, -0.15) is 5.10 Å². The Morgan fingerprint density at radius 2 is 1.70 bits per heavy atom. The van der Waals surface area contributed by atoms with Crippen molar-refractivity contribution < 1.29 is 4.79 Å². The predicted molar refractivity (Wildman–Crippen MR) is 96.6 cm³/mol. The summed E-state index contributed by atoms with van der Waals surface area (Å²) in [7, 11) is 0. The molecule has 2 aromatic rings. The topological polar surface area (TPSA) is 41.5 Å². The van der Waals surface area contributed by atoms with Gasteiger partial charge in [0.2, 0.25) is 0 Å². The van der Waals surface area contributed by atoms with Gasteiger partial charge in [0.15, 0.2) is 0 Å². The molecule has 0 aromatic heterocycles. The fourth-order valence-corrected chi connectivity index (χ4v) is 2.13. The normalized spacial score (nSPS) is 11.9. The van der Waals surface area contributed by atoms with Crippen LogP contribution in [0.2, 0.25) is 0 Å². The van der Waals surface area contributed by atoms with Crippen molar-refractivity contribution in [3.63, 3.8) is 0 Å². The molecule has 0 fully saturated rings. The molecular formula is C20H22N2O. The lowest BCUT2D eigenvalue weighted by Gasteiger charge is -2.05. The Bertz CT molecular complexity index is 698. The van der Waals surface area contributed by atoms with Crippen LogP contribution in [0.5, 0.6) is 0 Å². The smallest absolute Gasteiger partial charge is 0.267 e. The van der Waals surface area contributed by atoms with Crippen LogP contribution in [-0.4, -0.2) is 12.1 Å². The lowest BCUT2D eigenvalue weighted by molar-refractivity contribution is 0.0955. The fourth-order valence-electron chi connectivity index (χ4n) is 2.13. The lowest BCUT2D eigenvalue weighted by Crippen LogP contribution is -2.17. The highest BCUT2D eigenvalue weighted by molar-refractivity contribution is 5.95. The van der Waals surface area contributed by atoms with E-state index in [2.05, 4.69) is 24.4 Å². The summed E-state index contributed by atoms with van der Waals surface area (Å²) in [6.07, 6.45) is 3.65. The molecule has 2 aromatic carbocycles. The second kappa shape index (κ2) is 8.08. The molecule has 0 saturated heterocycles. The van der Waals surface area contributed by atoms with Crippen LogP contribution in [0.25, 0.3) is 6.08 Å². The van der Waals surface area contributed by atoms with Crippen molar-refractivity contribution in [1.29, 1.82) is 0 Å². The first-order chi connectivity index (χ1) is 11.1. The maximum Gasteiger partial charge on any atom is 0.271 e. The molecule has 0 radical (unpaired) electrons. The molecule has 0 atom stereocenters. The molecule has 3 heteroatoms. The van der Waals surface area contributed by atoms with E-state index in [4.69, 9.17) is 0 Å². The maximum absolute atomic E-state index is 12.0. The fraction of sp³-hybridized carbons (Fsp3) is 0.200. The first-order valence-electron chi connectivity index (χ1n) is 7.73. The third-order valence-electron chi connectivity index (χ3n) is 3.47. The number of carbonyl (C=O) groups is 1. The zero-order valence-electron chi connectivity index (χ0n) is 13.8. The number of hydrogen-bond donors (Lipinski definition) is 1. The average molecular weight is 306 g/mol. The van der Waals surface area contributed by atoms with Gasteiger partial charge >= 0.3 is 0 Å². The summed E-state index contributed by atoms with van der Waals surface area (Å²) >= 11 is 0. The number of amides is 1. The third-order valence-corrected chi connectivity index (χ3v) is 3.47. The molecule has 1 N–H and O–H groups in total. The van der Waals surface area contributed by atoms with Crippen molar-refractivity contribution in [3.05, 3.63) is 76.9 Å².